The zero-order valence-electron chi connectivity index (χ0n) is 16.1. The summed E-state index contributed by atoms with van der Waals surface area (Å²) in [5.41, 5.74) is 0.490. The molecule has 0 aliphatic rings. The minimum atomic E-state index is -2.78. The third-order valence-electron chi connectivity index (χ3n) is 3.73. The summed E-state index contributed by atoms with van der Waals surface area (Å²) >= 11 is 0. The van der Waals surface area contributed by atoms with Crippen LogP contribution in [0.15, 0.2) is 12.2 Å². The molecule has 7 heteroatoms. The van der Waals surface area contributed by atoms with E-state index in [1.165, 1.54) is 0 Å². The number of rotatable bonds is 11. The fourth-order valence-corrected chi connectivity index (χ4v) is 4.77. The second-order valence-electron chi connectivity index (χ2n) is 7.14. The normalized spacial score (nSPS) is 14.0. The lowest BCUT2D eigenvalue weighted by Crippen LogP contribution is -2.57. The number of likely N-dealkylation sites (N-methyl/N-ethyl adjacent to an activating group) is 1. The van der Waals surface area contributed by atoms with Gasteiger partial charge in [-0.05, 0) is 6.92 Å². The van der Waals surface area contributed by atoms with Crippen molar-refractivity contribution in [1.29, 1.82) is 0 Å². The molecule has 0 aromatic rings. The fraction of sp³-hybridized carbons (Fsp3) is 0.812. The molecule has 0 bridgehead atoms. The number of carbonyl (C=O) groups is 1. The van der Waals surface area contributed by atoms with Gasteiger partial charge in [0.05, 0.1) is 33.2 Å². The monoisotopic (exact) mass is 347 g/mol. The number of hydrogen-bond acceptors (Lipinski definition) is 4. The first-order chi connectivity index (χ1) is 10.5. The van der Waals surface area contributed by atoms with Gasteiger partial charge in [-0.25, -0.2) is 0 Å². The fourth-order valence-electron chi connectivity index (χ4n) is 2.93. The van der Waals surface area contributed by atoms with Crippen LogP contribution < -0.4 is 5.32 Å². The van der Waals surface area contributed by atoms with Crippen molar-refractivity contribution in [3.05, 3.63) is 12.2 Å². The molecular formula is C16H35N2O4Si+. The van der Waals surface area contributed by atoms with Crippen LogP contribution in [0.1, 0.15) is 20.8 Å². The first kappa shape index (κ1) is 22.3. The summed E-state index contributed by atoms with van der Waals surface area (Å²) in [5, 5.41) is 3.04. The van der Waals surface area contributed by atoms with Gasteiger partial charge in [0.1, 0.15) is 0 Å². The van der Waals surface area contributed by atoms with E-state index in [2.05, 4.69) is 39.8 Å². The largest absolute Gasteiger partial charge is 0.502 e. The van der Waals surface area contributed by atoms with E-state index in [1.54, 1.807) is 28.3 Å². The number of nitrogens with zero attached hydrogens (tertiary/aromatic N) is 1. The van der Waals surface area contributed by atoms with Gasteiger partial charge in [0.25, 0.3) is 0 Å². The lowest BCUT2D eigenvalue weighted by atomic mass is 10.1. The average Bonchev–Trinajstić information content (AvgIpc) is 2.42. The van der Waals surface area contributed by atoms with Gasteiger partial charge in [-0.1, -0.05) is 20.4 Å². The first-order valence-electron chi connectivity index (χ1n) is 7.94. The van der Waals surface area contributed by atoms with Crippen LogP contribution in [-0.4, -0.2) is 73.8 Å². The summed E-state index contributed by atoms with van der Waals surface area (Å²) in [6.45, 7) is 11.6. The highest BCUT2D eigenvalue weighted by Crippen LogP contribution is 2.18. The van der Waals surface area contributed by atoms with Gasteiger partial charge in [0, 0.05) is 38.9 Å². The quantitative estimate of drug-likeness (QED) is 0.351. The number of carbonyl (C=O) groups excluding carboxylic acids is 1. The molecule has 0 aromatic carbocycles. The maximum absolute atomic E-state index is 12.1. The molecule has 0 spiro atoms. The van der Waals surface area contributed by atoms with Gasteiger partial charge in [0.2, 0.25) is 5.91 Å². The number of nitrogens with one attached hydrogen (secondary N) is 1. The Morgan fingerprint density at radius 3 is 1.96 bits per heavy atom. The summed E-state index contributed by atoms with van der Waals surface area (Å²) in [6, 6.07) is 0.412. The SMILES string of the molecule is C=C(C)C(=O)NC(C[N+](C)(C)CC(C)C)C[Si](OC)(OC)OC. The Labute approximate surface area is 142 Å². The molecule has 0 rings (SSSR count). The third kappa shape index (κ3) is 8.08. The topological polar surface area (TPSA) is 56.8 Å². The highest BCUT2D eigenvalue weighted by Gasteiger charge is 2.42. The van der Waals surface area contributed by atoms with Crippen LogP contribution in [-0.2, 0) is 18.1 Å². The van der Waals surface area contributed by atoms with Crippen molar-refractivity contribution >= 4 is 14.7 Å². The summed E-state index contributed by atoms with van der Waals surface area (Å²) in [5.74, 6) is 0.419. The first-order valence-corrected chi connectivity index (χ1v) is 9.88. The van der Waals surface area contributed by atoms with Gasteiger partial charge in [-0.2, -0.15) is 0 Å². The summed E-state index contributed by atoms with van der Waals surface area (Å²) in [4.78, 5) is 12.1. The van der Waals surface area contributed by atoms with Gasteiger partial charge < -0.3 is 23.1 Å². The Morgan fingerprint density at radius 1 is 1.13 bits per heavy atom. The van der Waals surface area contributed by atoms with Crippen LogP contribution in [0, 0.1) is 5.92 Å². The molecular weight excluding hydrogens is 312 g/mol. The van der Waals surface area contributed by atoms with Gasteiger partial charge in [-0.15, -0.1) is 0 Å². The molecule has 0 fully saturated rings. The van der Waals surface area contributed by atoms with Crippen LogP contribution >= 0.6 is 0 Å². The van der Waals surface area contributed by atoms with Crippen molar-refractivity contribution in [3.8, 4) is 0 Å². The lowest BCUT2D eigenvalue weighted by molar-refractivity contribution is -0.894. The number of amides is 1. The zero-order chi connectivity index (χ0) is 18.3. The molecule has 1 unspecified atom stereocenters. The Bertz CT molecular complexity index is 387. The molecule has 23 heavy (non-hydrogen) atoms. The van der Waals surface area contributed by atoms with Crippen LogP contribution in [0.5, 0.6) is 0 Å². The van der Waals surface area contributed by atoms with E-state index >= 15 is 0 Å². The molecule has 1 atom stereocenters. The number of quaternary nitrogens is 1. The van der Waals surface area contributed by atoms with E-state index in [-0.39, 0.29) is 11.9 Å². The third-order valence-corrected chi connectivity index (χ3v) is 6.59. The summed E-state index contributed by atoms with van der Waals surface area (Å²) in [6.07, 6.45) is 0. The zero-order valence-corrected chi connectivity index (χ0v) is 17.1. The van der Waals surface area contributed by atoms with Crippen molar-refractivity contribution in [2.24, 2.45) is 5.92 Å². The van der Waals surface area contributed by atoms with Crippen molar-refractivity contribution < 1.29 is 22.6 Å². The van der Waals surface area contributed by atoms with Gasteiger partial charge in [-0.3, -0.25) is 4.79 Å². The van der Waals surface area contributed by atoms with E-state index in [9.17, 15) is 4.79 Å². The Morgan fingerprint density at radius 2 is 1.61 bits per heavy atom. The predicted octanol–water partition coefficient (Wildman–Crippen LogP) is 1.66. The molecule has 1 amide bonds. The predicted molar refractivity (Wildman–Crippen MR) is 95.0 cm³/mol. The summed E-state index contributed by atoms with van der Waals surface area (Å²) in [7, 11) is 6.31. The smallest absolute Gasteiger partial charge is 0.377 e. The molecule has 0 heterocycles. The van der Waals surface area contributed by atoms with Crippen LogP contribution in [0.2, 0.25) is 6.04 Å². The minimum Gasteiger partial charge on any atom is -0.377 e. The Balaban J connectivity index is 5.22. The molecule has 6 nitrogen and oxygen atoms in total. The molecule has 0 aliphatic heterocycles. The second kappa shape index (κ2) is 9.54. The molecule has 0 radical (unpaired) electrons. The maximum atomic E-state index is 12.1. The lowest BCUT2D eigenvalue weighted by Gasteiger charge is -2.37. The van der Waals surface area contributed by atoms with Gasteiger partial charge in [0.15, 0.2) is 0 Å². The van der Waals surface area contributed by atoms with Crippen molar-refractivity contribution in [2.75, 3.05) is 48.5 Å². The van der Waals surface area contributed by atoms with E-state index in [0.717, 1.165) is 17.6 Å². The van der Waals surface area contributed by atoms with Crippen LogP contribution in [0.4, 0.5) is 0 Å². The van der Waals surface area contributed by atoms with E-state index < -0.39 is 8.80 Å². The Hall–Kier alpha value is -0.733. The molecule has 0 aromatic heterocycles. The second-order valence-corrected chi connectivity index (χ2v) is 10.1. The van der Waals surface area contributed by atoms with E-state index in [1.807, 2.05) is 0 Å². The van der Waals surface area contributed by atoms with Gasteiger partial charge >= 0.3 is 8.80 Å². The number of hydrogen-bond donors (Lipinski definition) is 1. The molecule has 1 N–H and O–H groups in total. The van der Waals surface area contributed by atoms with E-state index in [0.29, 0.717) is 17.5 Å². The highest BCUT2D eigenvalue weighted by atomic mass is 28.4. The summed E-state index contributed by atoms with van der Waals surface area (Å²) < 4.78 is 17.3. The van der Waals surface area contributed by atoms with E-state index in [4.69, 9.17) is 13.3 Å². The maximum Gasteiger partial charge on any atom is 0.502 e. The van der Waals surface area contributed by atoms with Crippen molar-refractivity contribution in [3.63, 3.8) is 0 Å². The molecule has 0 aliphatic carbocycles. The highest BCUT2D eigenvalue weighted by molar-refractivity contribution is 6.60. The van der Waals surface area contributed by atoms with Crippen LogP contribution in [0.3, 0.4) is 0 Å². The molecule has 0 saturated carbocycles. The minimum absolute atomic E-state index is 0.112. The van der Waals surface area contributed by atoms with Crippen LogP contribution in [0.25, 0.3) is 0 Å². The van der Waals surface area contributed by atoms with Crippen molar-refractivity contribution in [1.82, 2.24) is 5.32 Å². The average molecular weight is 348 g/mol. The van der Waals surface area contributed by atoms with Crippen molar-refractivity contribution in [2.45, 2.75) is 32.9 Å². The molecule has 0 saturated heterocycles. The standard InChI is InChI=1S/C16H34N2O4Si/c1-13(2)10-18(5,6)11-15(17-16(19)14(3)4)12-23(20-7,21-8)22-9/h13,15H,3,10-12H2,1-2,4-9H3/p+1. The molecule has 136 valence electrons. The Kier molecular flexibility index (Phi) is 9.23.